The zero-order chi connectivity index (χ0) is 12.7. The van der Waals surface area contributed by atoms with Crippen molar-refractivity contribution in [3.63, 3.8) is 0 Å². The smallest absolute Gasteiger partial charge is 0.305 e. The molecule has 0 radical (unpaired) electrons. The first-order valence-electron chi connectivity index (χ1n) is 6.14. The summed E-state index contributed by atoms with van der Waals surface area (Å²) < 4.78 is 15.2. The Bertz CT molecular complexity index is 238. The highest BCUT2D eigenvalue weighted by molar-refractivity contribution is 5.69. The minimum atomic E-state index is -0.204. The van der Waals surface area contributed by atoms with Crippen LogP contribution in [0.2, 0.25) is 0 Å². The van der Waals surface area contributed by atoms with Crippen LogP contribution in [0, 0.1) is 0 Å². The Morgan fingerprint density at radius 1 is 0.941 bits per heavy atom. The Morgan fingerprint density at radius 3 is 1.71 bits per heavy atom. The van der Waals surface area contributed by atoms with Gasteiger partial charge in [0.25, 0.3) is 0 Å². The molecule has 2 atom stereocenters. The third-order valence-electron chi connectivity index (χ3n) is 2.41. The van der Waals surface area contributed by atoms with E-state index in [4.69, 9.17) is 14.2 Å². The lowest BCUT2D eigenvalue weighted by Gasteiger charge is -2.02. The fourth-order valence-corrected chi connectivity index (χ4v) is 1.38. The molecule has 0 aromatic carbocycles. The number of rotatable bonds is 8. The lowest BCUT2D eigenvalue weighted by atomic mass is 10.3. The largest absolute Gasteiger partial charge is 0.463 e. The zero-order valence-corrected chi connectivity index (χ0v) is 10.4. The summed E-state index contributed by atoms with van der Waals surface area (Å²) >= 11 is 0. The molecular formula is C12H20O5. The molecule has 1 aliphatic heterocycles. The van der Waals surface area contributed by atoms with Crippen molar-refractivity contribution in [1.82, 2.24) is 0 Å². The van der Waals surface area contributed by atoms with Crippen molar-refractivity contribution in [3.05, 3.63) is 0 Å². The summed E-state index contributed by atoms with van der Waals surface area (Å²) in [4.78, 5) is 22.1. The molecule has 1 fully saturated rings. The summed E-state index contributed by atoms with van der Waals surface area (Å²) in [5, 5.41) is 0. The molecule has 0 amide bonds. The van der Waals surface area contributed by atoms with Gasteiger partial charge in [0.1, 0.15) is 25.4 Å². The molecule has 0 saturated carbocycles. The molecule has 0 N–H and O–H groups in total. The van der Waals surface area contributed by atoms with Crippen molar-refractivity contribution in [2.24, 2.45) is 0 Å². The van der Waals surface area contributed by atoms with E-state index >= 15 is 0 Å². The van der Waals surface area contributed by atoms with Crippen molar-refractivity contribution in [1.29, 1.82) is 0 Å². The molecule has 2 unspecified atom stereocenters. The van der Waals surface area contributed by atoms with Gasteiger partial charge in [0.15, 0.2) is 0 Å². The highest BCUT2D eigenvalue weighted by atomic mass is 16.6. The predicted molar refractivity (Wildman–Crippen MR) is 60.4 cm³/mol. The second-order valence-electron chi connectivity index (χ2n) is 4.08. The van der Waals surface area contributed by atoms with Crippen LogP contribution in [-0.4, -0.2) is 37.4 Å². The van der Waals surface area contributed by atoms with E-state index in [0.29, 0.717) is 12.8 Å². The van der Waals surface area contributed by atoms with Crippen molar-refractivity contribution in [2.45, 2.75) is 51.7 Å². The van der Waals surface area contributed by atoms with Gasteiger partial charge in [-0.3, -0.25) is 9.59 Å². The molecule has 0 spiro atoms. The molecule has 0 aromatic heterocycles. The lowest BCUT2D eigenvalue weighted by molar-refractivity contribution is -0.145. The molecule has 1 aliphatic rings. The maximum Gasteiger partial charge on any atom is 0.305 e. The number of esters is 2. The second kappa shape index (κ2) is 7.27. The van der Waals surface area contributed by atoms with E-state index in [1.54, 1.807) is 0 Å². The number of carbonyl (C=O) groups excluding carboxylic acids is 2. The Kier molecular flexibility index (Phi) is 5.97. The Morgan fingerprint density at radius 2 is 1.35 bits per heavy atom. The topological polar surface area (TPSA) is 65.1 Å². The quantitative estimate of drug-likeness (QED) is 0.477. The van der Waals surface area contributed by atoms with E-state index in [9.17, 15) is 9.59 Å². The molecule has 5 heteroatoms. The standard InChI is InChI=1S/C12H20O5/c1-3-5-11(13)15-7-9-10(17-9)8-16-12(14)6-4-2/h9-10H,3-8H2,1-2H3. The highest BCUT2D eigenvalue weighted by Crippen LogP contribution is 2.22. The van der Waals surface area contributed by atoms with Crippen LogP contribution in [0.4, 0.5) is 0 Å². The third kappa shape index (κ3) is 5.68. The Labute approximate surface area is 101 Å². The van der Waals surface area contributed by atoms with Crippen LogP contribution in [0.3, 0.4) is 0 Å². The third-order valence-corrected chi connectivity index (χ3v) is 2.41. The summed E-state index contributed by atoms with van der Waals surface area (Å²) in [5.74, 6) is -0.408. The molecule has 1 heterocycles. The fraction of sp³-hybridized carbons (Fsp3) is 0.833. The number of hydrogen-bond acceptors (Lipinski definition) is 5. The van der Waals surface area contributed by atoms with Gasteiger partial charge in [-0.25, -0.2) is 0 Å². The molecule has 98 valence electrons. The first-order valence-corrected chi connectivity index (χ1v) is 6.14. The van der Waals surface area contributed by atoms with Gasteiger partial charge in [-0.1, -0.05) is 13.8 Å². The van der Waals surface area contributed by atoms with Gasteiger partial charge < -0.3 is 14.2 Å². The second-order valence-corrected chi connectivity index (χ2v) is 4.08. The van der Waals surface area contributed by atoms with Crippen LogP contribution in [0.15, 0.2) is 0 Å². The summed E-state index contributed by atoms with van der Waals surface area (Å²) in [6.45, 7) is 4.36. The van der Waals surface area contributed by atoms with Crippen LogP contribution in [0.5, 0.6) is 0 Å². The molecule has 0 aliphatic carbocycles. The van der Waals surface area contributed by atoms with E-state index in [1.165, 1.54) is 0 Å². The number of ether oxygens (including phenoxy) is 3. The summed E-state index contributed by atoms with van der Waals surface area (Å²) in [5.41, 5.74) is 0. The van der Waals surface area contributed by atoms with Gasteiger partial charge in [0.2, 0.25) is 0 Å². The molecule has 0 bridgehead atoms. The maximum atomic E-state index is 11.1. The Balaban J connectivity index is 2.01. The van der Waals surface area contributed by atoms with Crippen LogP contribution >= 0.6 is 0 Å². The van der Waals surface area contributed by atoms with Gasteiger partial charge in [-0.2, -0.15) is 0 Å². The highest BCUT2D eigenvalue weighted by Gasteiger charge is 2.40. The van der Waals surface area contributed by atoms with Gasteiger partial charge in [0.05, 0.1) is 0 Å². The minimum Gasteiger partial charge on any atom is -0.463 e. The van der Waals surface area contributed by atoms with Crippen molar-refractivity contribution in [3.8, 4) is 0 Å². The summed E-state index contributed by atoms with van der Waals surface area (Å²) in [6.07, 6.45) is 2.21. The van der Waals surface area contributed by atoms with Gasteiger partial charge in [0, 0.05) is 12.8 Å². The van der Waals surface area contributed by atoms with E-state index in [-0.39, 0.29) is 37.4 Å². The first kappa shape index (κ1) is 14.0. The van der Waals surface area contributed by atoms with Gasteiger partial charge in [-0.05, 0) is 12.8 Å². The molecule has 1 saturated heterocycles. The first-order chi connectivity index (χ1) is 8.17. The van der Waals surface area contributed by atoms with Crippen LogP contribution in [0.25, 0.3) is 0 Å². The van der Waals surface area contributed by atoms with Crippen molar-refractivity contribution in [2.75, 3.05) is 13.2 Å². The normalized spacial score (nSPS) is 22.0. The van der Waals surface area contributed by atoms with Gasteiger partial charge >= 0.3 is 11.9 Å². The molecule has 1 rings (SSSR count). The average molecular weight is 244 g/mol. The van der Waals surface area contributed by atoms with Crippen molar-refractivity contribution < 1.29 is 23.8 Å². The number of epoxide rings is 1. The van der Waals surface area contributed by atoms with Crippen LogP contribution in [-0.2, 0) is 23.8 Å². The predicted octanol–water partition coefficient (Wildman–Crippen LogP) is 1.44. The SMILES string of the molecule is CCCC(=O)OCC1OC1COC(=O)CCC. The summed E-state index contributed by atoms with van der Waals surface area (Å²) in [6, 6.07) is 0. The fourth-order valence-electron chi connectivity index (χ4n) is 1.38. The molecular weight excluding hydrogens is 224 g/mol. The summed E-state index contributed by atoms with van der Waals surface area (Å²) in [7, 11) is 0. The van der Waals surface area contributed by atoms with E-state index in [2.05, 4.69) is 0 Å². The molecule has 17 heavy (non-hydrogen) atoms. The van der Waals surface area contributed by atoms with Gasteiger partial charge in [-0.15, -0.1) is 0 Å². The Hall–Kier alpha value is -1.10. The van der Waals surface area contributed by atoms with Crippen LogP contribution in [0.1, 0.15) is 39.5 Å². The molecule has 0 aromatic rings. The van der Waals surface area contributed by atoms with E-state index in [1.807, 2.05) is 13.8 Å². The number of carbonyl (C=O) groups is 2. The monoisotopic (exact) mass is 244 g/mol. The van der Waals surface area contributed by atoms with Crippen LogP contribution < -0.4 is 0 Å². The average Bonchev–Trinajstić information content (AvgIpc) is 3.03. The maximum absolute atomic E-state index is 11.1. The van der Waals surface area contributed by atoms with E-state index < -0.39 is 0 Å². The van der Waals surface area contributed by atoms with Crippen molar-refractivity contribution >= 4 is 11.9 Å². The molecule has 5 nitrogen and oxygen atoms in total. The minimum absolute atomic E-state index is 0.106. The number of hydrogen-bond donors (Lipinski definition) is 0. The zero-order valence-electron chi connectivity index (χ0n) is 10.4. The lowest BCUT2D eigenvalue weighted by Crippen LogP contribution is -2.15. The van der Waals surface area contributed by atoms with E-state index in [0.717, 1.165) is 12.8 Å².